The second-order valence-corrected chi connectivity index (χ2v) is 12.6. The number of carbonyl (C=O) groups excluding carboxylic acids is 1. The second-order valence-electron chi connectivity index (χ2n) is 11.6. The molecule has 6 rings (SSSR count). The molecule has 0 N–H and O–H groups in total. The van der Waals surface area contributed by atoms with E-state index in [-0.39, 0.29) is 23.8 Å². The van der Waals surface area contributed by atoms with Gasteiger partial charge >= 0.3 is 0 Å². The Balaban J connectivity index is 1.45. The van der Waals surface area contributed by atoms with E-state index in [0.717, 1.165) is 21.9 Å². The van der Waals surface area contributed by atoms with Gasteiger partial charge in [0.05, 0.1) is 34.9 Å². The Morgan fingerprint density at radius 2 is 1.68 bits per heavy atom. The predicted octanol–water partition coefficient (Wildman–Crippen LogP) is 5.76. The molecule has 5 aromatic rings. The van der Waals surface area contributed by atoms with Gasteiger partial charge in [-0.1, -0.05) is 47.7 Å². The third-order valence-corrected chi connectivity index (χ3v) is 9.74. The number of ether oxygens (including phenoxy) is 3. The molecule has 1 amide bonds. The van der Waals surface area contributed by atoms with Gasteiger partial charge in [-0.15, -0.1) is 0 Å². The number of methoxy groups -OCH3 is 2. The van der Waals surface area contributed by atoms with Crippen LogP contribution in [0.3, 0.4) is 0 Å². The van der Waals surface area contributed by atoms with E-state index in [1.807, 2.05) is 63.2 Å². The Morgan fingerprint density at radius 3 is 2.36 bits per heavy atom. The number of fused-ring (bicyclic) bond motifs is 2. The van der Waals surface area contributed by atoms with Crippen LogP contribution in [0.25, 0.3) is 16.8 Å². The molecule has 0 fully saturated rings. The number of non-ortho nitro benzene ring substituents is 1. The van der Waals surface area contributed by atoms with Crippen molar-refractivity contribution in [2.24, 2.45) is 4.99 Å². The third kappa shape index (κ3) is 6.37. The Kier molecular flexibility index (Phi) is 9.82. The van der Waals surface area contributed by atoms with E-state index in [0.29, 0.717) is 56.5 Å². The summed E-state index contributed by atoms with van der Waals surface area (Å²) in [5.74, 6) is 1.31. The van der Waals surface area contributed by atoms with Gasteiger partial charge in [-0.2, -0.15) is 0 Å². The molecule has 0 unspecified atom stereocenters. The molecule has 2 heterocycles. The zero-order valence-corrected chi connectivity index (χ0v) is 29.2. The summed E-state index contributed by atoms with van der Waals surface area (Å²) in [6, 6.07) is 22.4. The van der Waals surface area contributed by atoms with Crippen molar-refractivity contribution >= 4 is 39.8 Å². The molecule has 256 valence electrons. The van der Waals surface area contributed by atoms with Gasteiger partial charge in [0.2, 0.25) is 0 Å². The number of rotatable bonds is 11. The Morgan fingerprint density at radius 1 is 0.980 bits per heavy atom. The van der Waals surface area contributed by atoms with E-state index in [2.05, 4.69) is 0 Å². The number of carbonyl (C=O) groups is 1. The van der Waals surface area contributed by atoms with Crippen molar-refractivity contribution in [1.29, 1.82) is 0 Å². The zero-order valence-electron chi connectivity index (χ0n) is 28.3. The van der Waals surface area contributed by atoms with E-state index >= 15 is 0 Å². The van der Waals surface area contributed by atoms with Crippen molar-refractivity contribution < 1.29 is 23.9 Å². The van der Waals surface area contributed by atoms with Gasteiger partial charge in [0.1, 0.15) is 18.4 Å². The van der Waals surface area contributed by atoms with Gasteiger partial charge < -0.3 is 19.1 Å². The van der Waals surface area contributed by atoms with E-state index < -0.39 is 11.0 Å². The number of hydrogen-bond acceptors (Lipinski definition) is 9. The summed E-state index contributed by atoms with van der Waals surface area (Å²) in [7, 11) is 3.12. The second kappa shape index (κ2) is 14.4. The van der Waals surface area contributed by atoms with Crippen LogP contribution in [-0.4, -0.2) is 47.6 Å². The highest BCUT2D eigenvalue weighted by Gasteiger charge is 2.36. The van der Waals surface area contributed by atoms with Crippen molar-refractivity contribution in [2.75, 3.05) is 27.3 Å². The van der Waals surface area contributed by atoms with Gasteiger partial charge in [0.15, 0.2) is 16.3 Å². The number of nitro groups is 1. The van der Waals surface area contributed by atoms with Crippen LogP contribution < -0.4 is 29.1 Å². The average molecular weight is 693 g/mol. The largest absolute Gasteiger partial charge is 0.496 e. The third-order valence-electron chi connectivity index (χ3n) is 8.75. The average Bonchev–Trinajstić information content (AvgIpc) is 3.43. The minimum Gasteiger partial charge on any atom is -0.496 e. The first-order chi connectivity index (χ1) is 24.2. The number of nitrogens with zero attached hydrogens (tertiary/aromatic N) is 4. The fourth-order valence-electron chi connectivity index (χ4n) is 6.20. The lowest BCUT2D eigenvalue weighted by atomic mass is 9.90. The predicted molar refractivity (Wildman–Crippen MR) is 193 cm³/mol. The quantitative estimate of drug-likeness (QED) is 0.127. The smallest absolute Gasteiger partial charge is 0.271 e. The number of benzene rings is 4. The van der Waals surface area contributed by atoms with Crippen molar-refractivity contribution in [1.82, 2.24) is 9.47 Å². The lowest BCUT2D eigenvalue weighted by Gasteiger charge is -2.30. The molecule has 1 aromatic heterocycles. The minimum atomic E-state index is -0.785. The fraction of sp³-hybridized carbons (Fsp3) is 0.237. The maximum Gasteiger partial charge on any atom is 0.271 e. The van der Waals surface area contributed by atoms with Crippen molar-refractivity contribution in [3.05, 3.63) is 137 Å². The van der Waals surface area contributed by atoms with Crippen LogP contribution in [-0.2, 0) is 11.4 Å². The first-order valence-electron chi connectivity index (χ1n) is 16.1. The highest BCUT2D eigenvalue weighted by atomic mass is 32.1. The van der Waals surface area contributed by atoms with Crippen LogP contribution in [0.4, 0.5) is 5.69 Å². The zero-order chi connectivity index (χ0) is 35.5. The lowest BCUT2D eigenvalue weighted by molar-refractivity contribution is -0.384. The molecule has 4 aromatic carbocycles. The number of nitro benzene ring substituents is 1. The van der Waals surface area contributed by atoms with Crippen LogP contribution in [0.15, 0.2) is 99.9 Å². The molecule has 0 saturated carbocycles. The number of likely N-dealkylation sites (N-methyl/N-ethyl adjacent to an activating group) is 1. The van der Waals surface area contributed by atoms with Crippen LogP contribution in [0.1, 0.15) is 43.5 Å². The summed E-state index contributed by atoms with van der Waals surface area (Å²) in [6.45, 7) is 6.87. The maximum atomic E-state index is 14.5. The molecule has 1 aliphatic rings. The molecule has 0 aliphatic carbocycles. The molecular weight excluding hydrogens is 657 g/mol. The Hall–Kier alpha value is -5.75. The highest BCUT2D eigenvalue weighted by molar-refractivity contribution is 7.07. The van der Waals surface area contributed by atoms with E-state index in [1.54, 1.807) is 46.9 Å². The highest BCUT2D eigenvalue weighted by Crippen LogP contribution is 2.40. The monoisotopic (exact) mass is 692 g/mol. The molecule has 0 bridgehead atoms. The number of hydrogen-bond donors (Lipinski definition) is 0. The summed E-state index contributed by atoms with van der Waals surface area (Å²) in [5, 5.41) is 12.8. The van der Waals surface area contributed by atoms with Gasteiger partial charge in [-0.25, -0.2) is 4.99 Å². The van der Waals surface area contributed by atoms with Crippen molar-refractivity contribution in [2.45, 2.75) is 33.4 Å². The van der Waals surface area contributed by atoms with Crippen molar-refractivity contribution in [3.63, 3.8) is 0 Å². The summed E-state index contributed by atoms with van der Waals surface area (Å²) >= 11 is 1.25. The Labute approximate surface area is 292 Å². The number of aromatic nitrogens is 1. The Bertz CT molecular complexity index is 2320. The summed E-state index contributed by atoms with van der Waals surface area (Å²) in [6.07, 6.45) is 1.77. The van der Waals surface area contributed by atoms with Crippen LogP contribution >= 0.6 is 11.3 Å². The van der Waals surface area contributed by atoms with Gasteiger partial charge in [-0.05, 0) is 79.1 Å². The number of allylic oxidation sites excluding steroid dienone is 1. The molecular formula is C38H36N4O7S. The minimum absolute atomic E-state index is 0.00502. The molecule has 12 heteroatoms. The molecule has 1 atom stereocenters. The van der Waals surface area contributed by atoms with Crippen molar-refractivity contribution in [3.8, 4) is 17.2 Å². The van der Waals surface area contributed by atoms with E-state index in [9.17, 15) is 19.7 Å². The molecule has 0 spiro atoms. The molecule has 1 aliphatic heterocycles. The number of amides is 1. The van der Waals surface area contributed by atoms with Crippen LogP contribution in [0, 0.1) is 10.1 Å². The fourth-order valence-corrected chi connectivity index (χ4v) is 7.25. The summed E-state index contributed by atoms with van der Waals surface area (Å²) in [4.78, 5) is 46.2. The standard InChI is InChI=1S/C38H36N4O7S/c1-6-40(7-2)37(44)33-23(3)39-38-41(35(33)34-28-11-9-8-10-26(28)15-19-30(34)47-4)36(43)32(50-38)21-25-14-18-29(31(20-25)48-5)49-22-24-12-16-27(17-13-24)42(45)46/h8-21,35H,6-7,22H2,1-5H3/b32-21+/t35-/m1/s1. The van der Waals surface area contributed by atoms with E-state index in [4.69, 9.17) is 19.2 Å². The lowest BCUT2D eigenvalue weighted by Crippen LogP contribution is -2.43. The van der Waals surface area contributed by atoms with Gasteiger partial charge in [0.25, 0.3) is 17.2 Å². The van der Waals surface area contributed by atoms with E-state index in [1.165, 1.54) is 30.6 Å². The SMILES string of the molecule is CCN(CC)C(=O)C1=C(C)N=c2s/c(=C/c3ccc(OCc4ccc([N+](=O)[O-])cc4)c(OC)c3)c(=O)n2[C@H]1c1c(OC)ccc2ccccc12. The topological polar surface area (TPSA) is 126 Å². The normalized spacial score (nSPS) is 14.3. The van der Waals surface area contributed by atoms with Crippen LogP contribution in [0.2, 0.25) is 0 Å². The first kappa shape index (κ1) is 34.1. The summed E-state index contributed by atoms with van der Waals surface area (Å²) < 4.78 is 19.5. The van der Waals surface area contributed by atoms with Gasteiger partial charge in [-0.3, -0.25) is 24.3 Å². The molecule has 11 nitrogen and oxygen atoms in total. The summed E-state index contributed by atoms with van der Waals surface area (Å²) in [5.41, 5.74) is 2.87. The molecule has 0 saturated heterocycles. The van der Waals surface area contributed by atoms with Gasteiger partial charge in [0, 0.05) is 30.8 Å². The molecule has 0 radical (unpaired) electrons. The maximum absolute atomic E-state index is 14.5. The van der Waals surface area contributed by atoms with Crippen LogP contribution in [0.5, 0.6) is 17.2 Å². The first-order valence-corrected chi connectivity index (χ1v) is 16.9. The number of thiazole rings is 1. The molecule has 50 heavy (non-hydrogen) atoms.